The Morgan fingerprint density at radius 3 is 0.857 bits per heavy atom. The molecule has 0 aliphatic carbocycles. The summed E-state index contributed by atoms with van der Waals surface area (Å²) in [5.74, 6) is 1.45. The highest BCUT2D eigenvalue weighted by atomic mass is 32.1. The molecule has 6 aromatic carbocycles. The zero-order valence-corrected chi connectivity index (χ0v) is 25.0. The molecule has 0 aromatic heterocycles. The van der Waals surface area contributed by atoms with E-state index in [1.807, 2.05) is 0 Å². The molecule has 0 amide bonds. The van der Waals surface area contributed by atoms with Crippen molar-refractivity contribution in [3.63, 3.8) is 0 Å². The minimum atomic E-state index is 0.727. The summed E-state index contributed by atoms with van der Waals surface area (Å²) in [6.45, 7) is 0. The topological polar surface area (TPSA) is 6.48 Å². The Morgan fingerprint density at radius 1 is 0.310 bits per heavy atom. The average molecular weight is 581 g/mol. The molecule has 0 aliphatic rings. The summed E-state index contributed by atoms with van der Waals surface area (Å²) in [7, 11) is 0. The number of para-hydroxylation sites is 2. The molecule has 206 valence electrons. The van der Waals surface area contributed by atoms with Crippen LogP contribution in [0.25, 0.3) is 11.1 Å². The van der Waals surface area contributed by atoms with Crippen LogP contribution < -0.4 is 9.80 Å². The van der Waals surface area contributed by atoms with Crippen LogP contribution >= 0.6 is 25.3 Å². The van der Waals surface area contributed by atoms with Crippen LogP contribution in [0, 0.1) is 0 Å². The van der Waals surface area contributed by atoms with Gasteiger partial charge in [0.25, 0.3) is 0 Å². The molecule has 2 nitrogen and oxygen atoms in total. The van der Waals surface area contributed by atoms with Gasteiger partial charge in [-0.05, 0) is 95.1 Å². The van der Waals surface area contributed by atoms with Gasteiger partial charge in [0.2, 0.25) is 0 Å². The van der Waals surface area contributed by atoms with Crippen molar-refractivity contribution in [2.75, 3.05) is 9.80 Å². The third kappa shape index (κ3) is 6.11. The van der Waals surface area contributed by atoms with Crippen molar-refractivity contribution in [1.82, 2.24) is 0 Å². The molecular weight excluding hydrogens is 549 g/mol. The zero-order valence-electron chi connectivity index (χ0n) is 23.2. The van der Waals surface area contributed by atoms with Gasteiger partial charge in [-0.15, -0.1) is 0 Å². The number of hydrogen-bond acceptors (Lipinski definition) is 4. The summed E-state index contributed by atoms with van der Waals surface area (Å²) >= 11 is 8.85. The van der Waals surface area contributed by atoms with Gasteiger partial charge in [-0.2, -0.15) is 25.3 Å². The number of anilines is 6. The molecule has 0 N–H and O–H groups in total. The Labute approximate surface area is 259 Å². The lowest BCUT2D eigenvalue weighted by molar-refractivity contribution is 1.27. The molecule has 4 heteroatoms. The molecule has 0 aliphatic heterocycles. The van der Waals surface area contributed by atoms with Crippen molar-refractivity contribution in [2.24, 2.45) is 0 Å². The van der Waals surface area contributed by atoms with Gasteiger partial charge < -0.3 is 9.80 Å². The van der Waals surface area contributed by atoms with Crippen molar-refractivity contribution in [3.8, 4) is 11.1 Å². The fourth-order valence-electron chi connectivity index (χ4n) is 5.16. The van der Waals surface area contributed by atoms with Gasteiger partial charge in [0.15, 0.2) is 0 Å². The third-order valence-corrected chi connectivity index (χ3v) is 8.10. The van der Waals surface area contributed by atoms with Crippen LogP contribution in [0.3, 0.4) is 0 Å². The van der Waals surface area contributed by atoms with E-state index in [2.05, 4.69) is 193 Å². The summed E-state index contributed by atoms with van der Waals surface area (Å²) in [4.78, 5) is 4.57. The maximum atomic E-state index is 4.42. The maximum absolute atomic E-state index is 4.42. The Morgan fingerprint density at radius 2 is 0.571 bits per heavy atom. The van der Waals surface area contributed by atoms with E-state index in [1.165, 1.54) is 22.3 Å². The molecule has 0 heterocycles. The quantitative estimate of drug-likeness (QED) is 0.164. The number of hydrogen-bond donors (Lipinski definition) is 2. The number of nitrogens with zero attached hydrogens (tertiary/aromatic N) is 2. The normalized spacial score (nSPS) is 10.8. The molecular formula is C38H32N2S2. The average Bonchev–Trinajstić information content (AvgIpc) is 3.07. The Balaban J connectivity index is 1.30. The Bertz CT molecular complexity index is 1570. The van der Waals surface area contributed by atoms with Gasteiger partial charge in [-0.1, -0.05) is 84.9 Å². The molecule has 0 unspecified atom stereocenters. The molecule has 6 rings (SSSR count). The number of thiol groups is 2. The summed E-state index contributed by atoms with van der Waals surface area (Å²) in [6, 6.07) is 55.8. The summed E-state index contributed by atoms with van der Waals surface area (Å²) in [5, 5.41) is 0. The second-order valence-electron chi connectivity index (χ2n) is 10.1. The molecule has 0 spiro atoms. The van der Waals surface area contributed by atoms with Crippen molar-refractivity contribution in [1.29, 1.82) is 0 Å². The first-order valence-electron chi connectivity index (χ1n) is 14.0. The summed E-state index contributed by atoms with van der Waals surface area (Å²) in [5.41, 5.74) is 11.5. The standard InChI is InChI=1S/C38H32N2S2/c41-27-29-11-19-35(20-12-29)39(33-7-3-1-4-8-33)37-23-15-31(16-24-37)32-17-25-38(26-18-32)40(34-9-5-2-6-10-34)36-21-13-30(28-42)14-22-36/h1-26,41-42H,27-28H2. The molecule has 0 saturated heterocycles. The SMILES string of the molecule is SCc1ccc(N(c2ccccc2)c2ccc(-c3ccc(N(c4ccccc4)c4ccc(CS)cc4)cc3)cc2)cc1. The summed E-state index contributed by atoms with van der Waals surface area (Å²) in [6.07, 6.45) is 0. The van der Waals surface area contributed by atoms with Gasteiger partial charge in [0.1, 0.15) is 0 Å². The van der Waals surface area contributed by atoms with E-state index < -0.39 is 0 Å². The van der Waals surface area contributed by atoms with E-state index in [-0.39, 0.29) is 0 Å². The molecule has 6 aromatic rings. The lowest BCUT2D eigenvalue weighted by Crippen LogP contribution is -2.10. The molecule has 0 bridgehead atoms. The fourth-order valence-corrected chi connectivity index (χ4v) is 5.58. The van der Waals surface area contributed by atoms with E-state index in [4.69, 9.17) is 0 Å². The van der Waals surface area contributed by atoms with Gasteiger partial charge in [-0.3, -0.25) is 0 Å². The summed E-state index contributed by atoms with van der Waals surface area (Å²) < 4.78 is 0. The molecule has 0 radical (unpaired) electrons. The van der Waals surface area contributed by atoms with E-state index in [9.17, 15) is 0 Å². The van der Waals surface area contributed by atoms with Crippen LogP contribution in [-0.2, 0) is 11.5 Å². The van der Waals surface area contributed by atoms with E-state index >= 15 is 0 Å². The van der Waals surface area contributed by atoms with Gasteiger partial charge in [-0.25, -0.2) is 0 Å². The Kier molecular flexibility index (Phi) is 8.64. The van der Waals surface area contributed by atoms with Crippen LogP contribution in [0.1, 0.15) is 11.1 Å². The maximum Gasteiger partial charge on any atom is 0.0462 e. The van der Waals surface area contributed by atoms with Gasteiger partial charge in [0.05, 0.1) is 0 Å². The lowest BCUT2D eigenvalue weighted by atomic mass is 10.0. The highest BCUT2D eigenvalue weighted by molar-refractivity contribution is 7.79. The van der Waals surface area contributed by atoms with Gasteiger partial charge >= 0.3 is 0 Å². The monoisotopic (exact) mass is 580 g/mol. The molecule has 42 heavy (non-hydrogen) atoms. The first-order valence-corrected chi connectivity index (χ1v) is 15.3. The van der Waals surface area contributed by atoms with Crippen LogP contribution in [0.4, 0.5) is 34.1 Å². The second-order valence-corrected chi connectivity index (χ2v) is 10.7. The Hall–Kier alpha value is -4.38. The van der Waals surface area contributed by atoms with Crippen LogP contribution in [0.15, 0.2) is 158 Å². The minimum Gasteiger partial charge on any atom is -0.311 e. The predicted molar refractivity (Wildman–Crippen MR) is 187 cm³/mol. The lowest BCUT2D eigenvalue weighted by Gasteiger charge is -2.26. The first-order chi connectivity index (χ1) is 20.7. The first kappa shape index (κ1) is 27.8. The fraction of sp³-hybridized carbons (Fsp3) is 0.0526. The van der Waals surface area contributed by atoms with E-state index in [0.717, 1.165) is 45.6 Å². The van der Waals surface area contributed by atoms with Crippen LogP contribution in [-0.4, -0.2) is 0 Å². The largest absolute Gasteiger partial charge is 0.311 e. The van der Waals surface area contributed by atoms with Crippen LogP contribution in [0.5, 0.6) is 0 Å². The smallest absolute Gasteiger partial charge is 0.0462 e. The molecule has 0 atom stereocenters. The second kappa shape index (κ2) is 13.1. The third-order valence-electron chi connectivity index (χ3n) is 7.37. The highest BCUT2D eigenvalue weighted by Crippen LogP contribution is 2.38. The highest BCUT2D eigenvalue weighted by Gasteiger charge is 2.14. The number of rotatable bonds is 9. The van der Waals surface area contributed by atoms with E-state index in [1.54, 1.807) is 0 Å². The van der Waals surface area contributed by atoms with Crippen molar-refractivity contribution < 1.29 is 0 Å². The number of benzene rings is 6. The van der Waals surface area contributed by atoms with Crippen LogP contribution in [0.2, 0.25) is 0 Å². The predicted octanol–water partition coefficient (Wildman–Crippen LogP) is 11.2. The van der Waals surface area contributed by atoms with Gasteiger partial charge in [0, 0.05) is 45.6 Å². The molecule has 0 saturated carbocycles. The van der Waals surface area contributed by atoms with E-state index in [0.29, 0.717) is 0 Å². The van der Waals surface area contributed by atoms with Crippen molar-refractivity contribution in [3.05, 3.63) is 169 Å². The van der Waals surface area contributed by atoms with Crippen molar-refractivity contribution >= 4 is 59.4 Å². The zero-order chi connectivity index (χ0) is 28.7. The van der Waals surface area contributed by atoms with Crippen molar-refractivity contribution in [2.45, 2.75) is 11.5 Å². The molecule has 0 fully saturated rings. The minimum absolute atomic E-state index is 0.727.